The van der Waals surface area contributed by atoms with Gasteiger partial charge in [-0.15, -0.1) is 0 Å². The molecule has 0 aliphatic heterocycles. The van der Waals surface area contributed by atoms with Gasteiger partial charge in [-0.2, -0.15) is 0 Å². The highest BCUT2D eigenvalue weighted by molar-refractivity contribution is 4.82. The first-order valence-corrected chi connectivity index (χ1v) is 4.39. The summed E-state index contributed by atoms with van der Waals surface area (Å²) in [6, 6.07) is 0. The molecule has 2 N–H and O–H groups in total. The highest BCUT2D eigenvalue weighted by Gasteiger charge is 2.22. The summed E-state index contributed by atoms with van der Waals surface area (Å²) in [5.74, 6) is 0.908. The van der Waals surface area contributed by atoms with E-state index in [9.17, 15) is 0 Å². The summed E-state index contributed by atoms with van der Waals surface area (Å²) in [6.45, 7) is 4.52. The van der Waals surface area contributed by atoms with Gasteiger partial charge < -0.3 is 5.73 Å². The molecule has 0 aromatic rings. The molecule has 1 saturated carbocycles. The van der Waals surface area contributed by atoms with Gasteiger partial charge in [0, 0.05) is 5.54 Å². The molecule has 0 bridgehead atoms. The van der Waals surface area contributed by atoms with E-state index >= 15 is 0 Å². The topological polar surface area (TPSA) is 26.0 Å². The third kappa shape index (κ3) is 2.30. The Balaban J connectivity index is 2.41. The van der Waals surface area contributed by atoms with Gasteiger partial charge in [-0.1, -0.05) is 19.8 Å². The minimum absolute atomic E-state index is 0.144. The largest absolute Gasteiger partial charge is 0.325 e. The number of rotatable bonds is 0. The van der Waals surface area contributed by atoms with E-state index in [1.807, 2.05) is 0 Å². The first-order valence-electron chi connectivity index (χ1n) is 4.39. The molecule has 0 radical (unpaired) electrons. The molecule has 0 heterocycles. The molecular formula is C9H19N. The zero-order valence-corrected chi connectivity index (χ0v) is 7.19. The predicted octanol–water partition coefficient (Wildman–Crippen LogP) is 2.30. The van der Waals surface area contributed by atoms with E-state index in [0.717, 1.165) is 5.92 Å². The van der Waals surface area contributed by atoms with Crippen molar-refractivity contribution in [1.82, 2.24) is 0 Å². The van der Waals surface area contributed by atoms with Gasteiger partial charge in [0.2, 0.25) is 0 Å². The maximum Gasteiger partial charge on any atom is 0.0126 e. The van der Waals surface area contributed by atoms with E-state index in [1.165, 1.54) is 32.1 Å². The lowest BCUT2D eigenvalue weighted by atomic mass is 9.94. The van der Waals surface area contributed by atoms with Crippen molar-refractivity contribution in [3.05, 3.63) is 0 Å². The van der Waals surface area contributed by atoms with Gasteiger partial charge in [0.15, 0.2) is 0 Å². The first-order chi connectivity index (χ1) is 4.60. The van der Waals surface area contributed by atoms with Gasteiger partial charge in [-0.05, 0) is 32.1 Å². The smallest absolute Gasteiger partial charge is 0.0126 e. The second-order valence-electron chi connectivity index (χ2n) is 4.19. The molecule has 60 valence electrons. The molecular weight excluding hydrogens is 122 g/mol. The van der Waals surface area contributed by atoms with Crippen LogP contribution in [0.3, 0.4) is 0 Å². The molecule has 0 spiro atoms. The average Bonchev–Trinajstić information content (AvgIpc) is 1.94. The van der Waals surface area contributed by atoms with Gasteiger partial charge >= 0.3 is 0 Å². The minimum Gasteiger partial charge on any atom is -0.325 e. The molecule has 1 rings (SSSR count). The standard InChI is InChI=1S/C9H19N/c1-8-4-3-6-9(2,10)7-5-8/h8H,3-7,10H2,1-2H3. The quantitative estimate of drug-likeness (QED) is 0.515. The van der Waals surface area contributed by atoms with Crippen molar-refractivity contribution in [2.75, 3.05) is 0 Å². The van der Waals surface area contributed by atoms with Crippen LogP contribution < -0.4 is 5.73 Å². The highest BCUT2D eigenvalue weighted by atomic mass is 14.7. The van der Waals surface area contributed by atoms with Crippen molar-refractivity contribution in [1.29, 1.82) is 0 Å². The summed E-state index contributed by atoms with van der Waals surface area (Å²) in [7, 11) is 0. The summed E-state index contributed by atoms with van der Waals surface area (Å²) < 4.78 is 0. The molecule has 0 amide bonds. The molecule has 1 fully saturated rings. The monoisotopic (exact) mass is 141 g/mol. The SMILES string of the molecule is CC1CCCC(C)(N)CC1. The van der Waals surface area contributed by atoms with Crippen molar-refractivity contribution < 1.29 is 0 Å². The second-order valence-corrected chi connectivity index (χ2v) is 4.19. The van der Waals surface area contributed by atoms with Gasteiger partial charge in [-0.25, -0.2) is 0 Å². The molecule has 0 aromatic carbocycles. The Morgan fingerprint density at radius 1 is 1.30 bits per heavy atom. The van der Waals surface area contributed by atoms with Crippen molar-refractivity contribution in [3.8, 4) is 0 Å². The number of hydrogen-bond acceptors (Lipinski definition) is 1. The van der Waals surface area contributed by atoms with Crippen molar-refractivity contribution in [2.45, 2.75) is 51.5 Å². The van der Waals surface area contributed by atoms with E-state index < -0.39 is 0 Å². The van der Waals surface area contributed by atoms with Gasteiger partial charge in [0.1, 0.15) is 0 Å². The van der Waals surface area contributed by atoms with Crippen LogP contribution in [-0.4, -0.2) is 5.54 Å². The summed E-state index contributed by atoms with van der Waals surface area (Å²) in [4.78, 5) is 0. The molecule has 2 unspecified atom stereocenters. The van der Waals surface area contributed by atoms with Crippen LogP contribution in [0.15, 0.2) is 0 Å². The summed E-state index contributed by atoms with van der Waals surface area (Å²) in [5.41, 5.74) is 6.18. The molecule has 1 nitrogen and oxygen atoms in total. The van der Waals surface area contributed by atoms with Crippen molar-refractivity contribution in [3.63, 3.8) is 0 Å². The van der Waals surface area contributed by atoms with Crippen LogP contribution >= 0.6 is 0 Å². The Morgan fingerprint density at radius 2 is 2.00 bits per heavy atom. The fourth-order valence-electron chi connectivity index (χ4n) is 1.70. The zero-order chi connectivity index (χ0) is 7.61. The summed E-state index contributed by atoms with van der Waals surface area (Å²) in [6.07, 6.45) is 6.47. The summed E-state index contributed by atoms with van der Waals surface area (Å²) in [5, 5.41) is 0. The van der Waals surface area contributed by atoms with Gasteiger partial charge in [-0.3, -0.25) is 0 Å². The maximum atomic E-state index is 6.04. The third-order valence-corrected chi connectivity index (χ3v) is 2.65. The van der Waals surface area contributed by atoms with E-state index in [2.05, 4.69) is 13.8 Å². The molecule has 0 aromatic heterocycles. The molecule has 1 aliphatic carbocycles. The Morgan fingerprint density at radius 3 is 2.70 bits per heavy atom. The van der Waals surface area contributed by atoms with Crippen LogP contribution in [-0.2, 0) is 0 Å². The second kappa shape index (κ2) is 2.91. The van der Waals surface area contributed by atoms with E-state index in [0.29, 0.717) is 0 Å². The Bertz CT molecular complexity index is 107. The molecule has 10 heavy (non-hydrogen) atoms. The summed E-state index contributed by atoms with van der Waals surface area (Å²) >= 11 is 0. The zero-order valence-electron chi connectivity index (χ0n) is 7.19. The van der Waals surface area contributed by atoms with Crippen LogP contribution in [0.4, 0.5) is 0 Å². The normalized spacial score (nSPS) is 42.9. The minimum atomic E-state index is 0.144. The fourth-order valence-corrected chi connectivity index (χ4v) is 1.70. The lowest BCUT2D eigenvalue weighted by molar-refractivity contribution is 0.401. The predicted molar refractivity (Wildman–Crippen MR) is 44.8 cm³/mol. The van der Waals surface area contributed by atoms with Crippen molar-refractivity contribution in [2.24, 2.45) is 11.7 Å². The number of nitrogens with two attached hydrogens (primary N) is 1. The van der Waals surface area contributed by atoms with Crippen LogP contribution in [0, 0.1) is 5.92 Å². The third-order valence-electron chi connectivity index (χ3n) is 2.65. The fraction of sp³-hybridized carbons (Fsp3) is 1.00. The lowest BCUT2D eigenvalue weighted by Gasteiger charge is -2.21. The van der Waals surface area contributed by atoms with Crippen molar-refractivity contribution >= 4 is 0 Å². The van der Waals surface area contributed by atoms with E-state index in [4.69, 9.17) is 5.73 Å². The van der Waals surface area contributed by atoms with Crippen LogP contribution in [0.25, 0.3) is 0 Å². The van der Waals surface area contributed by atoms with Crippen LogP contribution in [0.2, 0.25) is 0 Å². The molecule has 1 aliphatic rings. The van der Waals surface area contributed by atoms with E-state index in [1.54, 1.807) is 0 Å². The maximum absolute atomic E-state index is 6.04. The Labute approximate surface area is 64.0 Å². The van der Waals surface area contributed by atoms with Crippen LogP contribution in [0.1, 0.15) is 46.0 Å². The highest BCUT2D eigenvalue weighted by Crippen LogP contribution is 2.27. The lowest BCUT2D eigenvalue weighted by Crippen LogP contribution is -2.34. The van der Waals surface area contributed by atoms with E-state index in [-0.39, 0.29) is 5.54 Å². The molecule has 1 heteroatoms. The first kappa shape index (κ1) is 8.06. The Hall–Kier alpha value is -0.0400. The Kier molecular flexibility index (Phi) is 2.35. The van der Waals surface area contributed by atoms with Gasteiger partial charge in [0.25, 0.3) is 0 Å². The average molecular weight is 141 g/mol. The van der Waals surface area contributed by atoms with Gasteiger partial charge in [0.05, 0.1) is 0 Å². The molecule has 0 saturated heterocycles. The number of hydrogen-bond donors (Lipinski definition) is 1. The van der Waals surface area contributed by atoms with Crippen LogP contribution in [0.5, 0.6) is 0 Å². The molecule has 2 atom stereocenters.